The lowest BCUT2D eigenvalue weighted by Crippen LogP contribution is -2.37. The number of hydrogen-bond donors (Lipinski definition) is 1. The van der Waals surface area contributed by atoms with E-state index in [0.717, 1.165) is 42.9 Å². The minimum Gasteiger partial charge on any atom is -0.496 e. The topological polar surface area (TPSA) is 71.5 Å². The molecule has 0 amide bonds. The molecule has 0 spiro atoms. The van der Waals surface area contributed by atoms with E-state index in [2.05, 4.69) is 24.8 Å². The predicted octanol–water partition coefficient (Wildman–Crippen LogP) is 5.22. The summed E-state index contributed by atoms with van der Waals surface area (Å²) in [6, 6.07) is 8.23. The molecule has 1 saturated heterocycles. The third-order valence-corrected chi connectivity index (χ3v) is 7.70. The second-order valence-electron chi connectivity index (χ2n) is 9.94. The molecule has 196 valence electrons. The molecule has 2 aromatic carbocycles. The number of piperidine rings is 1. The van der Waals surface area contributed by atoms with E-state index in [4.69, 9.17) is 14.2 Å². The monoisotopic (exact) mass is 500 g/mol. The Bertz CT molecular complexity index is 1100. The number of fused-ring (bicyclic) bond motifs is 1. The summed E-state index contributed by atoms with van der Waals surface area (Å²) in [6.45, 7) is 6.71. The van der Waals surface area contributed by atoms with Gasteiger partial charge in [0.1, 0.15) is 5.75 Å². The first kappa shape index (κ1) is 26.1. The van der Waals surface area contributed by atoms with Gasteiger partial charge in [-0.2, -0.15) is 0 Å². The van der Waals surface area contributed by atoms with Crippen LogP contribution in [0.25, 0.3) is 0 Å². The van der Waals surface area contributed by atoms with Crippen molar-refractivity contribution in [2.24, 2.45) is 5.92 Å². The zero-order valence-corrected chi connectivity index (χ0v) is 21.8. The smallest absolute Gasteiger partial charge is 0.308 e. The minimum absolute atomic E-state index is 0.0392. The van der Waals surface area contributed by atoms with Gasteiger partial charge >= 0.3 is 5.97 Å². The average molecular weight is 501 g/mol. The van der Waals surface area contributed by atoms with Gasteiger partial charge in [-0.1, -0.05) is 0 Å². The Labute approximate surface area is 212 Å². The third-order valence-electron chi connectivity index (χ3n) is 7.70. The zero-order valence-electron chi connectivity index (χ0n) is 21.8. The SMILES string of the molecule is COc1ccc(N2CC(C(=O)O)CCc3c2cc(OC)c(OC)c3F)cc1C1CCN(C(C)C)CC1. The van der Waals surface area contributed by atoms with Gasteiger partial charge in [0, 0.05) is 29.9 Å². The van der Waals surface area contributed by atoms with Crippen molar-refractivity contribution in [2.75, 3.05) is 45.9 Å². The van der Waals surface area contributed by atoms with Gasteiger partial charge in [-0.3, -0.25) is 4.79 Å². The Hall–Kier alpha value is -3.00. The molecule has 0 radical (unpaired) electrons. The molecule has 8 heteroatoms. The highest BCUT2D eigenvalue weighted by atomic mass is 19.1. The van der Waals surface area contributed by atoms with Crippen molar-refractivity contribution in [2.45, 2.75) is 51.5 Å². The first-order valence-electron chi connectivity index (χ1n) is 12.6. The van der Waals surface area contributed by atoms with Crippen LogP contribution in [0.15, 0.2) is 24.3 Å². The van der Waals surface area contributed by atoms with E-state index in [9.17, 15) is 9.90 Å². The summed E-state index contributed by atoms with van der Waals surface area (Å²) < 4.78 is 32.0. The quantitative estimate of drug-likeness (QED) is 0.559. The van der Waals surface area contributed by atoms with E-state index < -0.39 is 17.7 Å². The maximum atomic E-state index is 15.6. The average Bonchev–Trinajstić information content (AvgIpc) is 3.08. The fraction of sp³-hybridized carbons (Fsp3) is 0.536. The van der Waals surface area contributed by atoms with Gasteiger partial charge < -0.3 is 29.1 Å². The zero-order chi connectivity index (χ0) is 26.0. The van der Waals surface area contributed by atoms with Crippen LogP contribution in [-0.4, -0.2) is 63.0 Å². The molecule has 1 unspecified atom stereocenters. The van der Waals surface area contributed by atoms with E-state index in [1.165, 1.54) is 14.2 Å². The lowest BCUT2D eigenvalue weighted by atomic mass is 9.88. The van der Waals surface area contributed by atoms with Gasteiger partial charge in [-0.05, 0) is 82.3 Å². The van der Waals surface area contributed by atoms with Crippen LogP contribution in [0, 0.1) is 11.7 Å². The van der Waals surface area contributed by atoms with Crippen LogP contribution in [-0.2, 0) is 11.2 Å². The molecule has 0 saturated carbocycles. The van der Waals surface area contributed by atoms with Crippen LogP contribution in [0.4, 0.5) is 15.8 Å². The lowest BCUT2D eigenvalue weighted by Gasteiger charge is -2.35. The van der Waals surface area contributed by atoms with Gasteiger partial charge in [-0.15, -0.1) is 0 Å². The summed E-state index contributed by atoms with van der Waals surface area (Å²) >= 11 is 0. The first-order chi connectivity index (χ1) is 17.3. The van der Waals surface area contributed by atoms with Crippen LogP contribution in [0.3, 0.4) is 0 Å². The van der Waals surface area contributed by atoms with Gasteiger partial charge in [0.05, 0.1) is 32.9 Å². The molecule has 2 aromatic rings. The summed E-state index contributed by atoms with van der Waals surface area (Å²) in [5, 5.41) is 9.89. The molecular weight excluding hydrogens is 463 g/mol. The van der Waals surface area contributed by atoms with Crippen molar-refractivity contribution in [1.29, 1.82) is 0 Å². The first-order valence-corrected chi connectivity index (χ1v) is 12.6. The maximum absolute atomic E-state index is 15.6. The number of anilines is 2. The van der Waals surface area contributed by atoms with Gasteiger partial charge in [0.15, 0.2) is 17.3 Å². The fourth-order valence-electron chi connectivity index (χ4n) is 5.57. The van der Waals surface area contributed by atoms with Crippen LogP contribution >= 0.6 is 0 Å². The van der Waals surface area contributed by atoms with E-state index in [1.807, 2.05) is 17.0 Å². The molecule has 4 rings (SSSR count). The Morgan fingerprint density at radius 3 is 2.31 bits per heavy atom. The van der Waals surface area contributed by atoms with Crippen molar-refractivity contribution in [3.8, 4) is 17.2 Å². The van der Waals surface area contributed by atoms with Gasteiger partial charge in [-0.25, -0.2) is 4.39 Å². The molecule has 36 heavy (non-hydrogen) atoms. The second-order valence-corrected chi connectivity index (χ2v) is 9.94. The highest BCUT2D eigenvalue weighted by Crippen LogP contribution is 2.45. The number of benzene rings is 2. The summed E-state index contributed by atoms with van der Waals surface area (Å²) in [6.07, 6.45) is 2.67. The highest BCUT2D eigenvalue weighted by Gasteiger charge is 2.33. The van der Waals surface area contributed by atoms with Crippen LogP contribution in [0.5, 0.6) is 17.2 Å². The van der Waals surface area contributed by atoms with Crippen molar-refractivity contribution in [1.82, 2.24) is 4.90 Å². The maximum Gasteiger partial charge on any atom is 0.308 e. The number of halogens is 1. The van der Waals surface area contributed by atoms with Crippen LogP contribution in [0.1, 0.15) is 50.2 Å². The Morgan fingerprint density at radius 1 is 1.03 bits per heavy atom. The van der Waals surface area contributed by atoms with E-state index in [0.29, 0.717) is 36.1 Å². The van der Waals surface area contributed by atoms with Crippen molar-refractivity contribution < 1.29 is 28.5 Å². The van der Waals surface area contributed by atoms with Gasteiger partial charge in [0.2, 0.25) is 0 Å². The molecule has 1 N–H and O–H groups in total. The molecule has 0 aromatic heterocycles. The van der Waals surface area contributed by atoms with Crippen molar-refractivity contribution >= 4 is 17.3 Å². The summed E-state index contributed by atoms with van der Waals surface area (Å²) in [5.41, 5.74) is 2.98. The number of nitrogens with zero attached hydrogens (tertiary/aromatic N) is 2. The largest absolute Gasteiger partial charge is 0.496 e. The van der Waals surface area contributed by atoms with Crippen LogP contribution < -0.4 is 19.1 Å². The number of aliphatic carboxylic acids is 1. The summed E-state index contributed by atoms with van der Waals surface area (Å²) in [7, 11) is 4.55. The van der Waals surface area contributed by atoms with E-state index >= 15 is 4.39 Å². The Balaban J connectivity index is 1.79. The van der Waals surface area contributed by atoms with E-state index in [1.54, 1.807) is 13.2 Å². The number of methoxy groups -OCH3 is 3. The summed E-state index contributed by atoms with van der Waals surface area (Å²) in [5.74, 6) is -0.559. The molecule has 2 aliphatic heterocycles. The predicted molar refractivity (Wildman–Crippen MR) is 138 cm³/mol. The van der Waals surface area contributed by atoms with Crippen LogP contribution in [0.2, 0.25) is 0 Å². The number of carbonyl (C=O) groups is 1. The molecule has 7 nitrogen and oxygen atoms in total. The second kappa shape index (κ2) is 10.9. The fourth-order valence-corrected chi connectivity index (χ4v) is 5.57. The number of rotatable bonds is 7. The molecule has 2 aliphatic rings. The highest BCUT2D eigenvalue weighted by molar-refractivity contribution is 5.77. The van der Waals surface area contributed by atoms with E-state index in [-0.39, 0.29) is 18.0 Å². The summed E-state index contributed by atoms with van der Waals surface area (Å²) in [4.78, 5) is 16.5. The number of ether oxygens (including phenoxy) is 3. The molecular formula is C28H37FN2O5. The van der Waals surface area contributed by atoms with Crippen molar-refractivity contribution in [3.63, 3.8) is 0 Å². The number of likely N-dealkylation sites (tertiary alicyclic amines) is 1. The number of carboxylic acids is 1. The minimum atomic E-state index is -0.887. The van der Waals surface area contributed by atoms with Crippen molar-refractivity contribution in [3.05, 3.63) is 41.2 Å². The standard InChI is InChI=1S/C28H37FN2O5/c1-17(2)30-12-10-18(11-13-30)22-14-20(7-9-24(22)34-3)31-16-19(28(32)33)6-8-21-23(31)15-25(35-4)27(36-5)26(21)29/h7,9,14-15,17-19H,6,8,10-13,16H2,1-5H3,(H,32,33). The molecule has 0 bridgehead atoms. The molecule has 1 fully saturated rings. The molecule has 0 aliphatic carbocycles. The Morgan fingerprint density at radius 2 is 1.72 bits per heavy atom. The van der Waals surface area contributed by atoms with Gasteiger partial charge in [0.25, 0.3) is 0 Å². The number of hydrogen-bond acceptors (Lipinski definition) is 6. The lowest BCUT2D eigenvalue weighted by molar-refractivity contribution is -0.141. The normalized spacial score (nSPS) is 19.1. The molecule has 2 heterocycles. The molecule has 1 atom stereocenters. The third kappa shape index (κ3) is 4.96. The number of carboxylic acid groups (broad SMARTS) is 1. The Kier molecular flexibility index (Phi) is 7.93.